The zero-order chi connectivity index (χ0) is 13.8. The number of nitrogens with zero attached hydrogens (tertiary/aromatic N) is 1. The zero-order valence-corrected chi connectivity index (χ0v) is 11.8. The molecule has 0 aliphatic carbocycles. The molecular weight excluding hydrogens is 242 g/mol. The van der Waals surface area contributed by atoms with E-state index in [1.54, 1.807) is 14.2 Å². The molecule has 1 aromatic rings. The topological polar surface area (TPSA) is 38.8 Å². The van der Waals surface area contributed by atoms with Gasteiger partial charge in [-0.1, -0.05) is 13.0 Å². The predicted octanol–water partition coefficient (Wildman–Crippen LogP) is 2.11. The van der Waals surface area contributed by atoms with Crippen LogP contribution in [-0.4, -0.2) is 38.1 Å². The van der Waals surface area contributed by atoms with Crippen molar-refractivity contribution in [2.75, 3.05) is 27.3 Å². The average Bonchev–Trinajstić information content (AvgIpc) is 2.85. The smallest absolute Gasteiger partial charge is 0.227 e. The van der Waals surface area contributed by atoms with Crippen LogP contribution in [0.15, 0.2) is 18.2 Å². The van der Waals surface area contributed by atoms with Gasteiger partial charge in [0, 0.05) is 13.1 Å². The number of ether oxygens (including phenoxy) is 2. The molecule has 1 aromatic carbocycles. The van der Waals surface area contributed by atoms with Crippen molar-refractivity contribution in [3.05, 3.63) is 23.8 Å². The van der Waals surface area contributed by atoms with E-state index in [0.29, 0.717) is 23.8 Å². The monoisotopic (exact) mass is 263 g/mol. The lowest BCUT2D eigenvalue weighted by Crippen LogP contribution is -2.29. The molecule has 1 aliphatic rings. The van der Waals surface area contributed by atoms with Crippen LogP contribution in [0.4, 0.5) is 0 Å². The SMILES string of the molecule is COc1ccc(CC(=O)N2CCC(C)C2)cc1OC. The zero-order valence-electron chi connectivity index (χ0n) is 11.8. The summed E-state index contributed by atoms with van der Waals surface area (Å²) in [6, 6.07) is 5.63. The van der Waals surface area contributed by atoms with Gasteiger partial charge in [-0.05, 0) is 30.0 Å². The molecule has 0 bridgehead atoms. The van der Waals surface area contributed by atoms with E-state index in [1.165, 1.54) is 0 Å². The quantitative estimate of drug-likeness (QED) is 0.835. The van der Waals surface area contributed by atoms with Gasteiger partial charge in [0.15, 0.2) is 11.5 Å². The summed E-state index contributed by atoms with van der Waals surface area (Å²) >= 11 is 0. The van der Waals surface area contributed by atoms with Gasteiger partial charge >= 0.3 is 0 Å². The van der Waals surface area contributed by atoms with Crippen molar-refractivity contribution in [2.24, 2.45) is 5.92 Å². The van der Waals surface area contributed by atoms with Gasteiger partial charge in [0.05, 0.1) is 20.6 Å². The van der Waals surface area contributed by atoms with Crippen LogP contribution in [0, 0.1) is 5.92 Å². The van der Waals surface area contributed by atoms with Gasteiger partial charge in [-0.2, -0.15) is 0 Å². The molecule has 2 rings (SSSR count). The molecule has 1 saturated heterocycles. The van der Waals surface area contributed by atoms with Crippen LogP contribution < -0.4 is 9.47 Å². The molecule has 0 aromatic heterocycles. The number of amides is 1. The number of rotatable bonds is 4. The Balaban J connectivity index is 2.04. The van der Waals surface area contributed by atoms with Gasteiger partial charge < -0.3 is 14.4 Å². The number of benzene rings is 1. The Bertz CT molecular complexity index is 459. The van der Waals surface area contributed by atoms with E-state index in [0.717, 1.165) is 25.1 Å². The summed E-state index contributed by atoms with van der Waals surface area (Å²) in [4.78, 5) is 14.1. The summed E-state index contributed by atoms with van der Waals surface area (Å²) in [5, 5.41) is 0. The van der Waals surface area contributed by atoms with Crippen molar-refractivity contribution in [1.82, 2.24) is 4.90 Å². The Morgan fingerprint density at radius 3 is 2.63 bits per heavy atom. The van der Waals surface area contributed by atoms with Gasteiger partial charge in [-0.15, -0.1) is 0 Å². The third kappa shape index (κ3) is 3.19. The van der Waals surface area contributed by atoms with E-state index in [-0.39, 0.29) is 5.91 Å². The summed E-state index contributed by atoms with van der Waals surface area (Å²) in [5.41, 5.74) is 0.960. The summed E-state index contributed by atoms with van der Waals surface area (Å²) in [6.45, 7) is 3.95. The van der Waals surface area contributed by atoms with Crippen molar-refractivity contribution in [3.63, 3.8) is 0 Å². The van der Waals surface area contributed by atoms with Crippen LogP contribution in [0.5, 0.6) is 11.5 Å². The van der Waals surface area contributed by atoms with Crippen molar-refractivity contribution >= 4 is 5.91 Å². The number of hydrogen-bond acceptors (Lipinski definition) is 3. The van der Waals surface area contributed by atoms with E-state index >= 15 is 0 Å². The summed E-state index contributed by atoms with van der Waals surface area (Å²) in [7, 11) is 3.21. The molecule has 1 amide bonds. The minimum atomic E-state index is 0.191. The second-order valence-electron chi connectivity index (χ2n) is 5.10. The first-order valence-corrected chi connectivity index (χ1v) is 6.62. The normalized spacial score (nSPS) is 18.5. The Labute approximate surface area is 114 Å². The van der Waals surface area contributed by atoms with Gasteiger partial charge in [-0.25, -0.2) is 0 Å². The highest BCUT2D eigenvalue weighted by atomic mass is 16.5. The number of methoxy groups -OCH3 is 2. The van der Waals surface area contributed by atoms with E-state index in [4.69, 9.17) is 9.47 Å². The van der Waals surface area contributed by atoms with Gasteiger partial charge in [-0.3, -0.25) is 4.79 Å². The average molecular weight is 263 g/mol. The second kappa shape index (κ2) is 5.95. The first-order chi connectivity index (χ1) is 9.13. The van der Waals surface area contributed by atoms with E-state index in [2.05, 4.69) is 6.92 Å². The summed E-state index contributed by atoms with van der Waals surface area (Å²) < 4.78 is 10.4. The minimum absolute atomic E-state index is 0.191. The predicted molar refractivity (Wildman–Crippen MR) is 73.6 cm³/mol. The molecule has 1 aliphatic heterocycles. The Morgan fingerprint density at radius 2 is 2.05 bits per heavy atom. The van der Waals surface area contributed by atoms with Crippen LogP contribution in [0.2, 0.25) is 0 Å². The van der Waals surface area contributed by atoms with Crippen molar-refractivity contribution in [1.29, 1.82) is 0 Å². The minimum Gasteiger partial charge on any atom is -0.493 e. The fourth-order valence-electron chi connectivity index (χ4n) is 2.44. The van der Waals surface area contributed by atoms with Gasteiger partial charge in [0.1, 0.15) is 0 Å². The highest BCUT2D eigenvalue weighted by molar-refractivity contribution is 5.79. The summed E-state index contributed by atoms with van der Waals surface area (Å²) in [5.74, 6) is 2.17. The first kappa shape index (κ1) is 13.7. The lowest BCUT2D eigenvalue weighted by molar-refractivity contribution is -0.129. The molecule has 0 saturated carbocycles. The fraction of sp³-hybridized carbons (Fsp3) is 0.533. The number of hydrogen-bond donors (Lipinski definition) is 0. The van der Waals surface area contributed by atoms with Crippen LogP contribution in [0.25, 0.3) is 0 Å². The molecular formula is C15H21NO3. The second-order valence-corrected chi connectivity index (χ2v) is 5.10. The molecule has 1 atom stereocenters. The first-order valence-electron chi connectivity index (χ1n) is 6.62. The molecule has 0 N–H and O–H groups in total. The van der Waals surface area contributed by atoms with Gasteiger partial charge in [0.2, 0.25) is 5.91 Å². The summed E-state index contributed by atoms with van der Waals surface area (Å²) in [6.07, 6.45) is 1.53. The maximum absolute atomic E-state index is 12.2. The highest BCUT2D eigenvalue weighted by Crippen LogP contribution is 2.28. The highest BCUT2D eigenvalue weighted by Gasteiger charge is 2.23. The lowest BCUT2D eigenvalue weighted by atomic mass is 10.1. The molecule has 1 heterocycles. The molecule has 104 valence electrons. The number of likely N-dealkylation sites (tertiary alicyclic amines) is 1. The molecule has 0 radical (unpaired) electrons. The van der Waals surface area contributed by atoms with Crippen LogP contribution in [0.3, 0.4) is 0 Å². The third-order valence-electron chi connectivity index (χ3n) is 3.58. The molecule has 0 spiro atoms. The Morgan fingerprint density at radius 1 is 1.32 bits per heavy atom. The maximum Gasteiger partial charge on any atom is 0.227 e. The number of carbonyl (C=O) groups is 1. The van der Waals surface area contributed by atoms with E-state index in [1.807, 2.05) is 23.1 Å². The maximum atomic E-state index is 12.2. The van der Waals surface area contributed by atoms with E-state index < -0.39 is 0 Å². The Kier molecular flexibility index (Phi) is 4.30. The lowest BCUT2D eigenvalue weighted by Gasteiger charge is -2.16. The third-order valence-corrected chi connectivity index (χ3v) is 3.58. The Hall–Kier alpha value is -1.71. The van der Waals surface area contributed by atoms with Crippen LogP contribution in [-0.2, 0) is 11.2 Å². The van der Waals surface area contributed by atoms with Crippen molar-refractivity contribution < 1.29 is 14.3 Å². The fourth-order valence-corrected chi connectivity index (χ4v) is 2.44. The van der Waals surface area contributed by atoms with Crippen molar-refractivity contribution in [2.45, 2.75) is 19.8 Å². The number of carbonyl (C=O) groups excluding carboxylic acids is 1. The molecule has 1 unspecified atom stereocenters. The molecule has 19 heavy (non-hydrogen) atoms. The van der Waals surface area contributed by atoms with E-state index in [9.17, 15) is 4.79 Å². The largest absolute Gasteiger partial charge is 0.493 e. The van der Waals surface area contributed by atoms with Crippen molar-refractivity contribution in [3.8, 4) is 11.5 Å². The van der Waals surface area contributed by atoms with Crippen LogP contribution >= 0.6 is 0 Å². The molecule has 1 fully saturated rings. The van der Waals surface area contributed by atoms with Crippen LogP contribution in [0.1, 0.15) is 18.9 Å². The standard InChI is InChI=1S/C15H21NO3/c1-11-6-7-16(10-11)15(17)9-12-4-5-13(18-2)14(8-12)19-3/h4-5,8,11H,6-7,9-10H2,1-3H3. The van der Waals surface area contributed by atoms with Gasteiger partial charge in [0.25, 0.3) is 0 Å². The molecule has 4 nitrogen and oxygen atoms in total. The molecule has 4 heteroatoms.